The maximum Gasteiger partial charge on any atom is 0.302 e. The quantitative estimate of drug-likeness (QED) is 0.713. The molecule has 2 heteroatoms. The van der Waals surface area contributed by atoms with E-state index < -0.39 is 0 Å². The zero-order valence-corrected chi connectivity index (χ0v) is 10.2. The van der Waals surface area contributed by atoms with Crippen molar-refractivity contribution in [2.75, 3.05) is 6.61 Å². The molecule has 0 N–H and O–H groups in total. The van der Waals surface area contributed by atoms with Crippen molar-refractivity contribution < 1.29 is 9.53 Å². The van der Waals surface area contributed by atoms with Gasteiger partial charge in [-0.1, -0.05) is 30.7 Å². The van der Waals surface area contributed by atoms with Crippen molar-refractivity contribution >= 4 is 5.97 Å². The number of benzene rings is 1. The largest absolute Gasteiger partial charge is 0.465 e. The second kappa shape index (κ2) is 3.93. The van der Waals surface area contributed by atoms with E-state index in [2.05, 4.69) is 32.0 Å². The van der Waals surface area contributed by atoms with Crippen molar-refractivity contribution in [3.63, 3.8) is 0 Å². The maximum absolute atomic E-state index is 10.8. The highest BCUT2D eigenvalue weighted by atomic mass is 16.5. The molecule has 1 atom stereocenters. The van der Waals surface area contributed by atoms with Crippen LogP contribution in [0.1, 0.15) is 30.5 Å². The van der Waals surface area contributed by atoms with Gasteiger partial charge in [0.05, 0.1) is 6.61 Å². The summed E-state index contributed by atoms with van der Waals surface area (Å²) >= 11 is 0. The Bertz CT molecular complexity index is 423. The minimum absolute atomic E-state index is 0.0851. The first-order valence-electron chi connectivity index (χ1n) is 5.70. The van der Waals surface area contributed by atoms with Gasteiger partial charge in [-0.05, 0) is 30.9 Å². The average Bonchev–Trinajstić information content (AvgIpc) is 2.51. The van der Waals surface area contributed by atoms with Gasteiger partial charge >= 0.3 is 5.97 Å². The molecule has 2 rings (SSSR count). The Morgan fingerprint density at radius 2 is 2.06 bits per heavy atom. The summed E-state index contributed by atoms with van der Waals surface area (Å²) in [6, 6.07) is 6.59. The number of carbonyl (C=O) groups is 1. The number of esters is 1. The van der Waals surface area contributed by atoms with Crippen molar-refractivity contribution in [3.05, 3.63) is 34.9 Å². The third kappa shape index (κ3) is 2.26. The molecule has 0 aliphatic heterocycles. The van der Waals surface area contributed by atoms with E-state index in [1.165, 1.54) is 23.6 Å². The van der Waals surface area contributed by atoms with Gasteiger partial charge in [0, 0.05) is 12.3 Å². The summed E-state index contributed by atoms with van der Waals surface area (Å²) in [6.07, 6.45) is 2.02. The van der Waals surface area contributed by atoms with Crippen LogP contribution in [0.25, 0.3) is 0 Å². The first-order chi connectivity index (χ1) is 7.48. The summed E-state index contributed by atoms with van der Waals surface area (Å²) in [7, 11) is 0. The lowest BCUT2D eigenvalue weighted by molar-refractivity contribution is -0.144. The Balaban J connectivity index is 2.11. The van der Waals surface area contributed by atoms with Crippen LogP contribution in [0.15, 0.2) is 18.2 Å². The molecule has 0 spiro atoms. The second-order valence-corrected chi connectivity index (χ2v) is 5.22. The molecular weight excluding hydrogens is 200 g/mol. The minimum atomic E-state index is -0.187. The Morgan fingerprint density at radius 3 is 2.75 bits per heavy atom. The standard InChI is InChI=1S/C14H18O2/c1-10-4-5-12-7-14(3,8-13(12)6-10)9-16-11(2)15/h4-6H,7-9H2,1-3H3. The number of carbonyl (C=O) groups excluding carboxylic acids is 1. The van der Waals surface area contributed by atoms with Crippen molar-refractivity contribution in [2.45, 2.75) is 33.6 Å². The predicted octanol–water partition coefficient (Wildman–Crippen LogP) is 2.66. The normalized spacial score (nSPS) is 22.9. The van der Waals surface area contributed by atoms with Crippen molar-refractivity contribution in [3.8, 4) is 0 Å². The fourth-order valence-electron chi connectivity index (χ4n) is 2.45. The molecule has 1 aromatic carbocycles. The summed E-state index contributed by atoms with van der Waals surface area (Å²) in [5.74, 6) is -0.187. The number of hydrogen-bond acceptors (Lipinski definition) is 2. The highest BCUT2D eigenvalue weighted by Gasteiger charge is 2.33. The highest BCUT2D eigenvalue weighted by molar-refractivity contribution is 5.66. The van der Waals surface area contributed by atoms with Crippen LogP contribution in [-0.2, 0) is 22.4 Å². The molecule has 0 bridgehead atoms. The van der Waals surface area contributed by atoms with E-state index in [1.807, 2.05) is 0 Å². The van der Waals surface area contributed by atoms with Crippen LogP contribution in [0.5, 0.6) is 0 Å². The van der Waals surface area contributed by atoms with Crippen LogP contribution >= 0.6 is 0 Å². The molecule has 1 aliphatic rings. The summed E-state index contributed by atoms with van der Waals surface area (Å²) in [5, 5.41) is 0. The maximum atomic E-state index is 10.8. The van der Waals surface area contributed by atoms with E-state index in [0.29, 0.717) is 6.61 Å². The molecule has 0 fully saturated rings. The Hall–Kier alpha value is -1.31. The lowest BCUT2D eigenvalue weighted by atomic mass is 9.88. The average molecular weight is 218 g/mol. The molecule has 16 heavy (non-hydrogen) atoms. The first-order valence-corrected chi connectivity index (χ1v) is 5.70. The van der Waals surface area contributed by atoms with Gasteiger partial charge in [0.1, 0.15) is 0 Å². The first kappa shape index (κ1) is 11.2. The molecule has 0 heterocycles. The van der Waals surface area contributed by atoms with E-state index >= 15 is 0 Å². The SMILES string of the molecule is CC(=O)OCC1(C)Cc2ccc(C)cc2C1. The van der Waals surface area contributed by atoms with Crippen molar-refractivity contribution in [1.82, 2.24) is 0 Å². The predicted molar refractivity (Wildman–Crippen MR) is 63.3 cm³/mol. The molecule has 1 unspecified atom stereocenters. The van der Waals surface area contributed by atoms with Gasteiger partial charge in [0.25, 0.3) is 0 Å². The Morgan fingerprint density at radius 1 is 1.38 bits per heavy atom. The van der Waals surface area contributed by atoms with Crippen LogP contribution in [0.3, 0.4) is 0 Å². The number of rotatable bonds is 2. The third-order valence-corrected chi connectivity index (χ3v) is 3.22. The molecular formula is C14H18O2. The van der Waals surface area contributed by atoms with Gasteiger partial charge in [-0.3, -0.25) is 4.79 Å². The summed E-state index contributed by atoms with van der Waals surface area (Å²) in [5.41, 5.74) is 4.20. The molecule has 0 saturated carbocycles. The molecule has 86 valence electrons. The van der Waals surface area contributed by atoms with Crippen LogP contribution in [0.4, 0.5) is 0 Å². The monoisotopic (exact) mass is 218 g/mol. The van der Waals surface area contributed by atoms with Gasteiger partial charge < -0.3 is 4.74 Å². The van der Waals surface area contributed by atoms with Gasteiger partial charge in [-0.25, -0.2) is 0 Å². The molecule has 0 amide bonds. The zero-order valence-electron chi connectivity index (χ0n) is 10.2. The van der Waals surface area contributed by atoms with Crippen LogP contribution in [-0.4, -0.2) is 12.6 Å². The van der Waals surface area contributed by atoms with Crippen molar-refractivity contribution in [1.29, 1.82) is 0 Å². The smallest absolute Gasteiger partial charge is 0.302 e. The van der Waals surface area contributed by atoms with E-state index in [1.54, 1.807) is 0 Å². The van der Waals surface area contributed by atoms with Crippen LogP contribution in [0.2, 0.25) is 0 Å². The minimum Gasteiger partial charge on any atom is -0.465 e. The number of fused-ring (bicyclic) bond motifs is 1. The number of hydrogen-bond donors (Lipinski definition) is 0. The summed E-state index contributed by atoms with van der Waals surface area (Å²) < 4.78 is 5.15. The second-order valence-electron chi connectivity index (χ2n) is 5.22. The van der Waals surface area contributed by atoms with E-state index in [9.17, 15) is 4.79 Å². The summed E-state index contributed by atoms with van der Waals surface area (Å²) in [4.78, 5) is 10.8. The Kier molecular flexibility index (Phi) is 2.75. The van der Waals surface area contributed by atoms with Gasteiger partial charge in [-0.15, -0.1) is 0 Å². The highest BCUT2D eigenvalue weighted by Crippen LogP contribution is 2.37. The molecule has 0 radical (unpaired) electrons. The van der Waals surface area contributed by atoms with Crippen LogP contribution in [0, 0.1) is 12.3 Å². The lowest BCUT2D eigenvalue weighted by Gasteiger charge is -2.22. The lowest BCUT2D eigenvalue weighted by Crippen LogP contribution is -2.25. The van der Waals surface area contributed by atoms with Gasteiger partial charge in [0.15, 0.2) is 0 Å². The third-order valence-electron chi connectivity index (χ3n) is 3.22. The van der Waals surface area contributed by atoms with E-state index in [-0.39, 0.29) is 11.4 Å². The molecule has 1 aliphatic carbocycles. The van der Waals surface area contributed by atoms with Crippen LogP contribution < -0.4 is 0 Å². The number of aryl methyl sites for hydroxylation is 1. The van der Waals surface area contributed by atoms with E-state index in [0.717, 1.165) is 12.8 Å². The van der Waals surface area contributed by atoms with E-state index in [4.69, 9.17) is 4.74 Å². The Labute approximate surface area is 96.6 Å². The fraction of sp³-hybridized carbons (Fsp3) is 0.500. The topological polar surface area (TPSA) is 26.3 Å². The molecule has 0 aromatic heterocycles. The van der Waals surface area contributed by atoms with Crippen molar-refractivity contribution in [2.24, 2.45) is 5.41 Å². The zero-order chi connectivity index (χ0) is 11.8. The van der Waals surface area contributed by atoms with Gasteiger partial charge in [0.2, 0.25) is 0 Å². The fourth-order valence-corrected chi connectivity index (χ4v) is 2.45. The molecule has 1 aromatic rings. The van der Waals surface area contributed by atoms with Gasteiger partial charge in [-0.2, -0.15) is 0 Å². The molecule has 2 nitrogen and oxygen atoms in total. The summed E-state index contributed by atoms with van der Waals surface area (Å²) in [6.45, 7) is 6.29. The molecule has 0 saturated heterocycles. The number of ether oxygens (including phenoxy) is 1.